The lowest BCUT2D eigenvalue weighted by molar-refractivity contribution is 0.682. The first-order valence-electron chi connectivity index (χ1n) is 6.70. The van der Waals surface area contributed by atoms with Crippen LogP contribution in [0.25, 0.3) is 0 Å². The first-order chi connectivity index (χ1) is 9.70. The van der Waals surface area contributed by atoms with Gasteiger partial charge < -0.3 is 10.2 Å². The number of anilines is 1. The molecule has 2 aromatic rings. The zero-order valence-electron chi connectivity index (χ0n) is 11.3. The van der Waals surface area contributed by atoms with Gasteiger partial charge in [-0.3, -0.25) is 0 Å². The zero-order chi connectivity index (χ0) is 13.9. The summed E-state index contributed by atoms with van der Waals surface area (Å²) in [5.41, 5.74) is 1.13. The topological polar surface area (TPSA) is 41.1 Å². The number of hydrogen-bond acceptors (Lipinski definition) is 5. The minimum Gasteiger partial charge on any atom is -0.339 e. The number of thiophene rings is 1. The average molecular weight is 309 g/mol. The van der Waals surface area contributed by atoms with Crippen LogP contribution < -0.4 is 10.2 Å². The smallest absolute Gasteiger partial charge is 0.225 e. The van der Waals surface area contributed by atoms with E-state index in [0.29, 0.717) is 6.04 Å². The predicted octanol–water partition coefficient (Wildman–Crippen LogP) is 3.08. The van der Waals surface area contributed by atoms with Crippen LogP contribution in [0.4, 0.5) is 5.95 Å². The molecular weight excluding hydrogens is 292 g/mol. The van der Waals surface area contributed by atoms with Gasteiger partial charge >= 0.3 is 0 Å². The van der Waals surface area contributed by atoms with E-state index >= 15 is 0 Å². The van der Waals surface area contributed by atoms with E-state index in [4.69, 9.17) is 11.6 Å². The molecule has 0 atom stereocenters. The van der Waals surface area contributed by atoms with Crippen molar-refractivity contribution in [1.82, 2.24) is 15.3 Å². The first kappa shape index (κ1) is 13.8. The Morgan fingerprint density at radius 1 is 1.35 bits per heavy atom. The Labute approximate surface area is 127 Å². The third-order valence-electron chi connectivity index (χ3n) is 3.23. The highest BCUT2D eigenvalue weighted by molar-refractivity contribution is 7.16. The summed E-state index contributed by atoms with van der Waals surface area (Å²) in [5.74, 6) is 0.740. The Kier molecular flexibility index (Phi) is 4.19. The van der Waals surface area contributed by atoms with E-state index < -0.39 is 0 Å². The highest BCUT2D eigenvalue weighted by Gasteiger charge is 2.20. The van der Waals surface area contributed by atoms with Crippen LogP contribution in [-0.2, 0) is 13.1 Å². The molecule has 0 aliphatic heterocycles. The van der Waals surface area contributed by atoms with E-state index in [1.807, 2.05) is 36.5 Å². The van der Waals surface area contributed by atoms with E-state index in [-0.39, 0.29) is 0 Å². The molecule has 0 spiro atoms. The number of aromatic nitrogens is 2. The summed E-state index contributed by atoms with van der Waals surface area (Å²) in [6.07, 6.45) is 6.39. The van der Waals surface area contributed by atoms with Crippen molar-refractivity contribution in [1.29, 1.82) is 0 Å². The van der Waals surface area contributed by atoms with Crippen molar-refractivity contribution < 1.29 is 0 Å². The summed E-state index contributed by atoms with van der Waals surface area (Å²) in [7, 11) is 1.99. The summed E-state index contributed by atoms with van der Waals surface area (Å²) in [4.78, 5) is 12.1. The summed E-state index contributed by atoms with van der Waals surface area (Å²) < 4.78 is 0.816. The molecule has 1 N–H and O–H groups in total. The molecule has 6 heteroatoms. The average Bonchev–Trinajstić information content (AvgIpc) is 3.20. The van der Waals surface area contributed by atoms with Gasteiger partial charge in [-0.25, -0.2) is 9.97 Å². The quantitative estimate of drug-likeness (QED) is 0.890. The molecule has 106 valence electrons. The van der Waals surface area contributed by atoms with Crippen molar-refractivity contribution in [2.24, 2.45) is 0 Å². The van der Waals surface area contributed by atoms with Crippen LogP contribution >= 0.6 is 22.9 Å². The highest BCUT2D eigenvalue weighted by atomic mass is 35.5. The largest absolute Gasteiger partial charge is 0.339 e. The van der Waals surface area contributed by atoms with E-state index in [2.05, 4.69) is 15.3 Å². The van der Waals surface area contributed by atoms with Crippen LogP contribution in [0.15, 0.2) is 24.5 Å². The van der Waals surface area contributed by atoms with Crippen LogP contribution in [0.5, 0.6) is 0 Å². The fourth-order valence-corrected chi connectivity index (χ4v) is 3.07. The summed E-state index contributed by atoms with van der Waals surface area (Å²) in [5, 5.41) is 3.46. The maximum Gasteiger partial charge on any atom is 0.225 e. The molecule has 3 rings (SSSR count). The third-order valence-corrected chi connectivity index (χ3v) is 4.44. The van der Waals surface area contributed by atoms with E-state index in [1.54, 1.807) is 11.3 Å². The van der Waals surface area contributed by atoms with Crippen molar-refractivity contribution >= 4 is 28.9 Å². The second kappa shape index (κ2) is 6.08. The summed E-state index contributed by atoms with van der Waals surface area (Å²) in [6, 6.07) is 4.67. The van der Waals surface area contributed by atoms with Gasteiger partial charge in [0.1, 0.15) is 0 Å². The number of nitrogens with zero attached hydrogens (tertiary/aromatic N) is 3. The van der Waals surface area contributed by atoms with E-state index in [0.717, 1.165) is 28.9 Å². The fraction of sp³-hybridized carbons (Fsp3) is 0.429. The normalized spacial score (nSPS) is 14.5. The highest BCUT2D eigenvalue weighted by Crippen LogP contribution is 2.23. The lowest BCUT2D eigenvalue weighted by Crippen LogP contribution is -2.19. The molecule has 0 radical (unpaired) electrons. The van der Waals surface area contributed by atoms with Gasteiger partial charge in [-0.1, -0.05) is 11.6 Å². The van der Waals surface area contributed by atoms with E-state index in [9.17, 15) is 0 Å². The molecule has 0 unspecified atom stereocenters. The Morgan fingerprint density at radius 3 is 2.70 bits per heavy atom. The number of halogens is 1. The van der Waals surface area contributed by atoms with Gasteiger partial charge in [0.05, 0.1) is 10.9 Å². The van der Waals surface area contributed by atoms with Crippen LogP contribution in [0.2, 0.25) is 4.34 Å². The van der Waals surface area contributed by atoms with Gasteiger partial charge in [-0.05, 0) is 25.0 Å². The molecule has 1 aliphatic carbocycles. The monoisotopic (exact) mass is 308 g/mol. The van der Waals surface area contributed by atoms with Crippen molar-refractivity contribution in [3.8, 4) is 0 Å². The minimum absolute atomic E-state index is 0.709. The lowest BCUT2D eigenvalue weighted by atomic mass is 10.3. The Morgan fingerprint density at radius 2 is 2.10 bits per heavy atom. The molecule has 0 aromatic carbocycles. The summed E-state index contributed by atoms with van der Waals surface area (Å²) >= 11 is 7.53. The molecule has 1 fully saturated rings. The molecule has 0 bridgehead atoms. The van der Waals surface area contributed by atoms with Gasteiger partial charge in [-0.15, -0.1) is 11.3 Å². The van der Waals surface area contributed by atoms with Gasteiger partial charge in [0.15, 0.2) is 0 Å². The van der Waals surface area contributed by atoms with Crippen LogP contribution in [0.1, 0.15) is 23.3 Å². The maximum atomic E-state index is 5.94. The molecular formula is C14H17ClN4S. The van der Waals surface area contributed by atoms with Crippen LogP contribution in [-0.4, -0.2) is 23.1 Å². The molecule has 0 saturated heterocycles. The van der Waals surface area contributed by atoms with Crippen LogP contribution in [0, 0.1) is 0 Å². The van der Waals surface area contributed by atoms with Gasteiger partial charge in [-0.2, -0.15) is 0 Å². The van der Waals surface area contributed by atoms with Crippen molar-refractivity contribution in [2.75, 3.05) is 11.9 Å². The van der Waals surface area contributed by atoms with Crippen molar-refractivity contribution in [2.45, 2.75) is 32.0 Å². The second-order valence-electron chi connectivity index (χ2n) is 5.11. The Balaban J connectivity index is 1.57. The Hall–Kier alpha value is -1.17. The van der Waals surface area contributed by atoms with Crippen molar-refractivity contribution in [3.05, 3.63) is 39.3 Å². The number of hydrogen-bond donors (Lipinski definition) is 1. The molecule has 1 saturated carbocycles. The number of rotatable bonds is 6. The second-order valence-corrected chi connectivity index (χ2v) is 6.91. The molecule has 2 heterocycles. The molecule has 1 aliphatic rings. The van der Waals surface area contributed by atoms with Crippen LogP contribution in [0.3, 0.4) is 0 Å². The van der Waals surface area contributed by atoms with Gasteiger partial charge in [0.25, 0.3) is 0 Å². The minimum atomic E-state index is 0.709. The Bertz CT molecular complexity index is 565. The van der Waals surface area contributed by atoms with Gasteiger partial charge in [0, 0.05) is 42.5 Å². The predicted molar refractivity (Wildman–Crippen MR) is 83.3 cm³/mol. The maximum absolute atomic E-state index is 5.94. The lowest BCUT2D eigenvalue weighted by Gasteiger charge is -2.16. The fourth-order valence-electron chi connectivity index (χ4n) is 1.93. The third kappa shape index (κ3) is 3.69. The number of nitrogens with one attached hydrogen (secondary N) is 1. The molecule has 2 aromatic heterocycles. The SMILES string of the molecule is CN(Cc1ccc(Cl)s1)c1ncc(CNC2CC2)cn1. The van der Waals surface area contributed by atoms with Crippen molar-refractivity contribution in [3.63, 3.8) is 0 Å². The standard InChI is InChI=1S/C14H17ClN4S/c1-19(9-12-4-5-13(15)20-12)14-17-7-10(8-18-14)6-16-11-2-3-11/h4-5,7-8,11,16H,2-3,6,9H2,1H3. The zero-order valence-corrected chi connectivity index (χ0v) is 12.9. The molecule has 4 nitrogen and oxygen atoms in total. The van der Waals surface area contributed by atoms with Gasteiger partial charge in [0.2, 0.25) is 5.95 Å². The molecule has 0 amide bonds. The van der Waals surface area contributed by atoms with E-state index in [1.165, 1.54) is 17.7 Å². The first-order valence-corrected chi connectivity index (χ1v) is 7.90. The summed E-state index contributed by atoms with van der Waals surface area (Å²) in [6.45, 7) is 1.63. The molecule has 20 heavy (non-hydrogen) atoms.